The number of rotatable bonds is 7. The summed E-state index contributed by atoms with van der Waals surface area (Å²) in [5.74, 6) is -0.489. The largest absolute Gasteiger partial charge is 0.383 e. The lowest BCUT2D eigenvalue weighted by molar-refractivity contribution is 0.100. The second-order valence-electron chi connectivity index (χ2n) is 8.87. The summed E-state index contributed by atoms with van der Waals surface area (Å²) in [6.07, 6.45) is 9.91. The molecule has 8 heteroatoms. The number of carbonyl (C=O) groups is 1. The zero-order chi connectivity index (χ0) is 22.9. The molecule has 5 rings (SSSR count). The Bertz CT molecular complexity index is 1300. The summed E-state index contributed by atoms with van der Waals surface area (Å²) in [5.41, 5.74) is 12.4. The third-order valence-electron chi connectivity index (χ3n) is 6.82. The highest BCUT2D eigenvalue weighted by molar-refractivity contribution is 6.13. The summed E-state index contributed by atoms with van der Waals surface area (Å²) in [6, 6.07) is 8.92. The molecule has 0 atom stereocenters. The minimum atomic E-state index is -0.489. The molecular weight excluding hydrogens is 416 g/mol. The van der Waals surface area contributed by atoms with Crippen LogP contribution in [-0.4, -0.2) is 52.7 Å². The molecule has 1 aliphatic carbocycles. The number of hydrogen-bond acceptors (Lipinski definition) is 5. The maximum absolute atomic E-state index is 12.4. The number of hydrogen-bond donors (Lipinski definition) is 2. The molecule has 2 heterocycles. The molecule has 2 aromatic heterocycles. The number of fused-ring (bicyclic) bond motifs is 2. The quantitative estimate of drug-likeness (QED) is 0.441. The van der Waals surface area contributed by atoms with Crippen LogP contribution in [0.5, 0.6) is 0 Å². The molecular formula is C25H30N6O2. The Hall–Kier alpha value is -3.39. The van der Waals surface area contributed by atoms with E-state index in [1.54, 1.807) is 13.4 Å². The predicted octanol–water partition coefficient (Wildman–Crippen LogP) is 4.27. The molecule has 0 radical (unpaired) electrons. The van der Waals surface area contributed by atoms with Gasteiger partial charge in [0.05, 0.1) is 52.6 Å². The molecule has 33 heavy (non-hydrogen) atoms. The fraction of sp³-hybridized carbons (Fsp3) is 0.400. The monoisotopic (exact) mass is 446 g/mol. The van der Waals surface area contributed by atoms with E-state index >= 15 is 0 Å². The fourth-order valence-electron chi connectivity index (χ4n) is 5.06. The number of aromatic amines is 1. The van der Waals surface area contributed by atoms with Crippen LogP contribution in [0.4, 0.5) is 5.69 Å². The maximum Gasteiger partial charge on any atom is 0.253 e. The molecule has 172 valence electrons. The number of methoxy groups -OCH3 is 1. The first-order valence-corrected chi connectivity index (χ1v) is 11.6. The van der Waals surface area contributed by atoms with Gasteiger partial charge in [0.1, 0.15) is 0 Å². The van der Waals surface area contributed by atoms with Crippen LogP contribution in [0.25, 0.3) is 33.2 Å². The van der Waals surface area contributed by atoms with E-state index in [0.29, 0.717) is 30.3 Å². The molecule has 1 amide bonds. The smallest absolute Gasteiger partial charge is 0.253 e. The first-order chi connectivity index (χ1) is 16.1. The van der Waals surface area contributed by atoms with Crippen molar-refractivity contribution in [1.82, 2.24) is 19.5 Å². The van der Waals surface area contributed by atoms with Crippen LogP contribution >= 0.6 is 0 Å². The zero-order valence-electron chi connectivity index (χ0n) is 19.2. The highest BCUT2D eigenvalue weighted by Gasteiger charge is 2.22. The van der Waals surface area contributed by atoms with Crippen molar-refractivity contribution in [2.24, 2.45) is 5.73 Å². The molecule has 2 aromatic carbocycles. The molecule has 1 fully saturated rings. The Labute approximate surface area is 192 Å². The number of nitrogens with one attached hydrogen (secondary N) is 1. The summed E-state index contributed by atoms with van der Waals surface area (Å²) >= 11 is 0. The third kappa shape index (κ3) is 3.84. The molecule has 0 unspecified atom stereocenters. The lowest BCUT2D eigenvalue weighted by atomic mass is 9.95. The number of nitrogens with zero attached hydrogens (tertiary/aromatic N) is 4. The van der Waals surface area contributed by atoms with Crippen molar-refractivity contribution in [2.45, 2.75) is 38.1 Å². The lowest BCUT2D eigenvalue weighted by Crippen LogP contribution is -2.26. The number of carbonyl (C=O) groups excluding carboxylic acids is 1. The average molecular weight is 447 g/mol. The molecule has 4 aromatic rings. The Kier molecular flexibility index (Phi) is 5.76. The minimum Gasteiger partial charge on any atom is -0.383 e. The number of benzene rings is 2. The van der Waals surface area contributed by atoms with Gasteiger partial charge in [-0.2, -0.15) is 0 Å². The topological polar surface area (TPSA) is 102 Å². The minimum absolute atomic E-state index is 0.438. The molecule has 0 bridgehead atoms. The Morgan fingerprint density at radius 2 is 2.06 bits per heavy atom. The second-order valence-corrected chi connectivity index (χ2v) is 8.87. The van der Waals surface area contributed by atoms with E-state index in [-0.39, 0.29) is 0 Å². The van der Waals surface area contributed by atoms with E-state index < -0.39 is 5.91 Å². The van der Waals surface area contributed by atoms with Crippen molar-refractivity contribution < 1.29 is 9.53 Å². The van der Waals surface area contributed by atoms with Gasteiger partial charge in [0.25, 0.3) is 5.91 Å². The number of primary amides is 1. The molecule has 1 aliphatic rings. The number of aromatic nitrogens is 4. The maximum atomic E-state index is 12.4. The SMILES string of the molecule is COCCN(C)c1cc(-c2ccc3c(c2)ncn3C2CCCCC2)c2nc[nH]c2c1C(N)=O. The first kappa shape index (κ1) is 21.5. The number of nitrogens with two attached hydrogens (primary N) is 1. The van der Waals surface area contributed by atoms with Gasteiger partial charge in [-0.05, 0) is 36.6 Å². The van der Waals surface area contributed by atoms with Gasteiger partial charge in [-0.15, -0.1) is 0 Å². The second kappa shape index (κ2) is 8.86. The number of amides is 1. The van der Waals surface area contributed by atoms with Crippen molar-refractivity contribution in [2.75, 3.05) is 32.2 Å². The molecule has 0 spiro atoms. The average Bonchev–Trinajstić information content (AvgIpc) is 3.48. The van der Waals surface area contributed by atoms with Gasteiger partial charge in [0, 0.05) is 32.3 Å². The number of ether oxygens (including phenoxy) is 1. The molecule has 0 aliphatic heterocycles. The summed E-state index contributed by atoms with van der Waals surface area (Å²) in [4.78, 5) is 26.8. The standard InChI is InChI=1S/C25H30N6O2/c1-30(10-11-33-2)21-13-18(23-24(28-14-27-23)22(21)25(26)32)16-8-9-20-19(12-16)29-15-31(20)17-6-4-3-5-7-17/h8-9,12-15,17H,3-7,10-11H2,1-2H3,(H2,26,32)(H,27,28). The molecule has 0 saturated heterocycles. The summed E-state index contributed by atoms with van der Waals surface area (Å²) in [6.45, 7) is 1.16. The third-order valence-corrected chi connectivity index (χ3v) is 6.82. The number of likely N-dealkylation sites (N-methyl/N-ethyl adjacent to an activating group) is 1. The zero-order valence-corrected chi connectivity index (χ0v) is 19.2. The van der Waals surface area contributed by atoms with Crippen molar-refractivity contribution >= 4 is 33.7 Å². The summed E-state index contributed by atoms with van der Waals surface area (Å²) < 4.78 is 7.57. The van der Waals surface area contributed by atoms with Gasteiger partial charge in [-0.1, -0.05) is 25.3 Å². The van der Waals surface area contributed by atoms with Gasteiger partial charge in [0.2, 0.25) is 0 Å². The van der Waals surface area contributed by atoms with Gasteiger partial charge in [0.15, 0.2) is 0 Å². The van der Waals surface area contributed by atoms with Crippen LogP contribution in [-0.2, 0) is 4.74 Å². The number of anilines is 1. The van der Waals surface area contributed by atoms with Crippen molar-refractivity contribution in [3.63, 3.8) is 0 Å². The van der Waals surface area contributed by atoms with Crippen LogP contribution in [0.2, 0.25) is 0 Å². The van der Waals surface area contributed by atoms with Gasteiger partial charge >= 0.3 is 0 Å². The van der Waals surface area contributed by atoms with Crippen molar-refractivity contribution in [3.8, 4) is 11.1 Å². The van der Waals surface area contributed by atoms with Crippen LogP contribution in [0, 0.1) is 0 Å². The van der Waals surface area contributed by atoms with Crippen LogP contribution in [0.15, 0.2) is 36.9 Å². The normalized spacial score (nSPS) is 14.8. The number of H-pyrrole nitrogens is 1. The van der Waals surface area contributed by atoms with E-state index in [2.05, 4.69) is 32.7 Å². The lowest BCUT2D eigenvalue weighted by Gasteiger charge is -2.24. The van der Waals surface area contributed by atoms with Crippen LogP contribution in [0.3, 0.4) is 0 Å². The van der Waals surface area contributed by atoms with E-state index in [4.69, 9.17) is 15.5 Å². The van der Waals surface area contributed by atoms with E-state index in [9.17, 15) is 4.79 Å². The van der Waals surface area contributed by atoms with E-state index in [1.807, 2.05) is 24.3 Å². The van der Waals surface area contributed by atoms with E-state index in [1.165, 1.54) is 32.1 Å². The fourth-order valence-corrected chi connectivity index (χ4v) is 5.06. The van der Waals surface area contributed by atoms with Gasteiger partial charge in [-0.25, -0.2) is 9.97 Å². The Balaban J connectivity index is 1.62. The Morgan fingerprint density at radius 1 is 1.24 bits per heavy atom. The highest BCUT2D eigenvalue weighted by atomic mass is 16.5. The molecule has 3 N–H and O–H groups in total. The highest BCUT2D eigenvalue weighted by Crippen LogP contribution is 2.37. The summed E-state index contributed by atoms with van der Waals surface area (Å²) in [5, 5.41) is 0. The van der Waals surface area contributed by atoms with Gasteiger partial charge < -0.3 is 24.9 Å². The van der Waals surface area contributed by atoms with Crippen LogP contribution in [0.1, 0.15) is 48.5 Å². The van der Waals surface area contributed by atoms with Crippen molar-refractivity contribution in [1.29, 1.82) is 0 Å². The molecule has 1 saturated carbocycles. The van der Waals surface area contributed by atoms with Crippen LogP contribution < -0.4 is 10.6 Å². The van der Waals surface area contributed by atoms with E-state index in [0.717, 1.165) is 33.4 Å². The Morgan fingerprint density at radius 3 is 2.82 bits per heavy atom. The van der Waals surface area contributed by atoms with Gasteiger partial charge in [-0.3, -0.25) is 4.79 Å². The predicted molar refractivity (Wildman–Crippen MR) is 131 cm³/mol. The molecule has 8 nitrogen and oxygen atoms in total. The first-order valence-electron chi connectivity index (χ1n) is 11.6. The van der Waals surface area contributed by atoms with Crippen molar-refractivity contribution in [3.05, 3.63) is 42.5 Å². The summed E-state index contributed by atoms with van der Waals surface area (Å²) in [7, 11) is 3.59. The number of imidazole rings is 2.